The maximum Gasteiger partial charge on any atom is 0.250 e. The average molecular weight is 396 g/mol. The number of hydrogen-bond acceptors (Lipinski definition) is 4. The number of piperidine rings is 1. The van der Waals surface area contributed by atoms with Crippen molar-refractivity contribution in [1.82, 2.24) is 15.1 Å². The van der Waals surface area contributed by atoms with Crippen LogP contribution in [0.1, 0.15) is 44.9 Å². The van der Waals surface area contributed by atoms with Gasteiger partial charge in [-0.3, -0.25) is 19.3 Å². The standard InChI is InChI=1S/C19H26F2N4O3/c1-2-13(12-15(22)26)23-16(27)14-4-3-9-25(14)17(28)18(5-6-18)24-10-7-19(20,21)8-11-24/h1,13-14H,3-12H2,(H2,22,26)(H,23,27). The predicted octanol–water partition coefficient (Wildman–Crippen LogP) is 0.234. The zero-order valence-electron chi connectivity index (χ0n) is 15.8. The molecule has 0 bridgehead atoms. The molecule has 3 fully saturated rings. The summed E-state index contributed by atoms with van der Waals surface area (Å²) in [5.74, 6) is -1.55. The second-order valence-corrected chi connectivity index (χ2v) is 7.93. The highest BCUT2D eigenvalue weighted by atomic mass is 19.3. The van der Waals surface area contributed by atoms with Crippen LogP contribution in [0.25, 0.3) is 0 Å². The molecule has 0 radical (unpaired) electrons. The molecule has 2 aliphatic heterocycles. The number of alkyl halides is 2. The zero-order valence-corrected chi connectivity index (χ0v) is 15.8. The summed E-state index contributed by atoms with van der Waals surface area (Å²) >= 11 is 0. The number of primary amides is 1. The second kappa shape index (κ2) is 7.66. The molecular weight excluding hydrogens is 370 g/mol. The summed E-state index contributed by atoms with van der Waals surface area (Å²) in [6.07, 6.45) is 7.09. The highest BCUT2D eigenvalue weighted by Gasteiger charge is 2.59. The van der Waals surface area contributed by atoms with Gasteiger partial charge in [-0.1, -0.05) is 5.92 Å². The van der Waals surface area contributed by atoms with Crippen LogP contribution in [0.5, 0.6) is 0 Å². The molecule has 2 saturated heterocycles. The molecule has 1 aliphatic carbocycles. The first kappa shape index (κ1) is 20.5. The number of carbonyl (C=O) groups is 3. The summed E-state index contributed by atoms with van der Waals surface area (Å²) in [6, 6.07) is -1.48. The molecule has 2 heterocycles. The van der Waals surface area contributed by atoms with E-state index in [4.69, 9.17) is 12.2 Å². The Morgan fingerprint density at radius 1 is 1.18 bits per heavy atom. The van der Waals surface area contributed by atoms with Gasteiger partial charge in [0.2, 0.25) is 17.7 Å². The molecular formula is C19H26F2N4O3. The van der Waals surface area contributed by atoms with Crippen LogP contribution in [0.2, 0.25) is 0 Å². The lowest BCUT2D eigenvalue weighted by atomic mass is 10.0. The van der Waals surface area contributed by atoms with Gasteiger partial charge in [0.15, 0.2) is 0 Å². The third kappa shape index (κ3) is 4.12. The van der Waals surface area contributed by atoms with Crippen molar-refractivity contribution in [3.63, 3.8) is 0 Å². The first-order valence-electron chi connectivity index (χ1n) is 9.67. The van der Waals surface area contributed by atoms with Crippen LogP contribution in [0, 0.1) is 12.3 Å². The van der Waals surface area contributed by atoms with E-state index < -0.39 is 35.4 Å². The zero-order chi connectivity index (χ0) is 20.5. The molecule has 1 saturated carbocycles. The van der Waals surface area contributed by atoms with Crippen LogP contribution in [0.3, 0.4) is 0 Å². The van der Waals surface area contributed by atoms with E-state index in [-0.39, 0.29) is 38.3 Å². The van der Waals surface area contributed by atoms with Crippen molar-refractivity contribution < 1.29 is 23.2 Å². The molecule has 0 spiro atoms. The Labute approximate surface area is 163 Å². The van der Waals surface area contributed by atoms with Gasteiger partial charge in [0.1, 0.15) is 11.6 Å². The normalized spacial score (nSPS) is 26.9. The minimum Gasteiger partial charge on any atom is -0.370 e. The van der Waals surface area contributed by atoms with E-state index >= 15 is 0 Å². The van der Waals surface area contributed by atoms with Crippen LogP contribution in [-0.2, 0) is 14.4 Å². The first-order chi connectivity index (χ1) is 13.2. The first-order valence-corrected chi connectivity index (χ1v) is 9.67. The highest BCUT2D eigenvalue weighted by molar-refractivity contribution is 5.94. The van der Waals surface area contributed by atoms with Gasteiger partial charge in [0, 0.05) is 32.5 Å². The van der Waals surface area contributed by atoms with Gasteiger partial charge in [-0.15, -0.1) is 6.42 Å². The molecule has 7 nitrogen and oxygen atoms in total. The molecule has 3 aliphatic rings. The molecule has 0 aromatic rings. The number of nitrogens with one attached hydrogen (secondary N) is 1. The minimum atomic E-state index is -2.67. The molecule has 28 heavy (non-hydrogen) atoms. The summed E-state index contributed by atoms with van der Waals surface area (Å²) in [5, 5.41) is 2.60. The molecule has 3 rings (SSSR count). The van der Waals surface area contributed by atoms with Crippen molar-refractivity contribution in [1.29, 1.82) is 0 Å². The Balaban J connectivity index is 1.65. The number of terminal acetylenes is 1. The van der Waals surface area contributed by atoms with Gasteiger partial charge < -0.3 is 16.0 Å². The summed E-state index contributed by atoms with van der Waals surface area (Å²) in [5.41, 5.74) is 4.38. The van der Waals surface area contributed by atoms with E-state index in [1.165, 1.54) is 0 Å². The van der Waals surface area contributed by atoms with E-state index in [9.17, 15) is 23.2 Å². The number of rotatable bonds is 6. The number of nitrogens with zero attached hydrogens (tertiary/aromatic N) is 2. The Bertz CT molecular complexity index is 692. The van der Waals surface area contributed by atoms with Crippen molar-refractivity contribution in [3.05, 3.63) is 0 Å². The Kier molecular flexibility index (Phi) is 5.62. The topological polar surface area (TPSA) is 95.7 Å². The fourth-order valence-corrected chi connectivity index (χ4v) is 4.22. The minimum absolute atomic E-state index is 0.164. The molecule has 9 heteroatoms. The third-order valence-corrected chi connectivity index (χ3v) is 5.96. The monoisotopic (exact) mass is 396 g/mol. The summed E-state index contributed by atoms with van der Waals surface area (Å²) in [6.45, 7) is 0.807. The maximum atomic E-state index is 13.5. The number of nitrogens with two attached hydrogens (primary N) is 1. The quantitative estimate of drug-likeness (QED) is 0.629. The van der Waals surface area contributed by atoms with Crippen molar-refractivity contribution in [2.45, 2.75) is 68.5 Å². The van der Waals surface area contributed by atoms with Crippen LogP contribution in [0.15, 0.2) is 0 Å². The Morgan fingerprint density at radius 2 is 1.82 bits per heavy atom. The summed E-state index contributed by atoms with van der Waals surface area (Å²) in [7, 11) is 0. The molecule has 2 unspecified atom stereocenters. The Morgan fingerprint density at radius 3 is 2.36 bits per heavy atom. The third-order valence-electron chi connectivity index (χ3n) is 5.96. The van der Waals surface area contributed by atoms with Crippen molar-refractivity contribution >= 4 is 17.7 Å². The smallest absolute Gasteiger partial charge is 0.250 e. The fraction of sp³-hybridized carbons (Fsp3) is 0.737. The number of likely N-dealkylation sites (tertiary alicyclic amines) is 2. The van der Waals surface area contributed by atoms with Gasteiger partial charge in [0.25, 0.3) is 5.92 Å². The number of carbonyl (C=O) groups excluding carboxylic acids is 3. The predicted molar refractivity (Wildman–Crippen MR) is 97.0 cm³/mol. The van der Waals surface area contributed by atoms with Gasteiger partial charge in [-0.05, 0) is 25.7 Å². The van der Waals surface area contributed by atoms with Crippen LogP contribution in [0.4, 0.5) is 8.78 Å². The lowest BCUT2D eigenvalue weighted by molar-refractivity contribution is -0.147. The number of amides is 3. The molecule has 154 valence electrons. The van der Waals surface area contributed by atoms with E-state index in [1.54, 1.807) is 4.90 Å². The van der Waals surface area contributed by atoms with Crippen molar-refractivity contribution in [2.75, 3.05) is 19.6 Å². The van der Waals surface area contributed by atoms with E-state index in [0.29, 0.717) is 32.2 Å². The van der Waals surface area contributed by atoms with Gasteiger partial charge in [-0.2, -0.15) is 0 Å². The van der Waals surface area contributed by atoms with E-state index in [2.05, 4.69) is 11.2 Å². The number of hydrogen-bond donors (Lipinski definition) is 2. The molecule has 3 N–H and O–H groups in total. The van der Waals surface area contributed by atoms with Crippen molar-refractivity contribution in [2.24, 2.45) is 5.73 Å². The van der Waals surface area contributed by atoms with Crippen molar-refractivity contribution in [3.8, 4) is 12.3 Å². The summed E-state index contributed by atoms with van der Waals surface area (Å²) < 4.78 is 27.0. The van der Waals surface area contributed by atoms with Crippen LogP contribution in [-0.4, -0.2) is 70.7 Å². The van der Waals surface area contributed by atoms with Gasteiger partial charge in [0.05, 0.1) is 12.5 Å². The fourth-order valence-electron chi connectivity index (χ4n) is 4.22. The lowest BCUT2D eigenvalue weighted by Gasteiger charge is -2.39. The SMILES string of the molecule is C#CC(CC(N)=O)NC(=O)C1CCCN1C(=O)C1(N2CCC(F)(F)CC2)CC1. The molecule has 0 aromatic carbocycles. The molecule has 3 amide bonds. The second-order valence-electron chi connectivity index (χ2n) is 7.93. The van der Waals surface area contributed by atoms with Crippen LogP contribution < -0.4 is 11.1 Å². The highest BCUT2D eigenvalue weighted by Crippen LogP contribution is 2.47. The van der Waals surface area contributed by atoms with E-state index in [1.807, 2.05) is 4.90 Å². The number of halogens is 2. The lowest BCUT2D eigenvalue weighted by Crippen LogP contribution is -2.57. The largest absolute Gasteiger partial charge is 0.370 e. The average Bonchev–Trinajstić information content (AvgIpc) is 3.28. The molecule has 0 aromatic heterocycles. The van der Waals surface area contributed by atoms with Gasteiger partial charge >= 0.3 is 0 Å². The van der Waals surface area contributed by atoms with E-state index in [0.717, 1.165) is 0 Å². The van der Waals surface area contributed by atoms with Crippen LogP contribution >= 0.6 is 0 Å². The molecule has 2 atom stereocenters. The summed E-state index contributed by atoms with van der Waals surface area (Å²) in [4.78, 5) is 40.4. The Hall–Kier alpha value is -2.21. The van der Waals surface area contributed by atoms with Gasteiger partial charge in [-0.25, -0.2) is 8.78 Å². The maximum absolute atomic E-state index is 13.5.